The molecule has 1 aromatic carbocycles. The predicted octanol–water partition coefficient (Wildman–Crippen LogP) is 2.21. The van der Waals surface area contributed by atoms with Gasteiger partial charge < -0.3 is 10.5 Å². The monoisotopic (exact) mass is 259 g/mol. The van der Waals surface area contributed by atoms with E-state index in [1.54, 1.807) is 7.11 Å². The van der Waals surface area contributed by atoms with Crippen molar-refractivity contribution in [1.29, 1.82) is 0 Å². The largest absolute Gasteiger partial charge is 0.496 e. The summed E-state index contributed by atoms with van der Waals surface area (Å²) >= 11 is 0. The lowest BCUT2D eigenvalue weighted by atomic mass is 10.00. The summed E-state index contributed by atoms with van der Waals surface area (Å²) in [6.07, 6.45) is 0.845. The van der Waals surface area contributed by atoms with Gasteiger partial charge in [0.05, 0.1) is 12.8 Å². The maximum atomic E-state index is 5.61. The fourth-order valence-electron chi connectivity index (χ4n) is 2.31. The molecule has 0 saturated carbocycles. The zero-order chi connectivity index (χ0) is 14.0. The van der Waals surface area contributed by atoms with E-state index >= 15 is 0 Å². The molecule has 0 spiro atoms. The molecule has 102 valence electrons. The van der Waals surface area contributed by atoms with E-state index in [0.29, 0.717) is 6.54 Å². The van der Waals surface area contributed by atoms with Crippen molar-refractivity contribution in [2.75, 3.05) is 13.7 Å². The highest BCUT2D eigenvalue weighted by atomic mass is 16.5. The minimum Gasteiger partial charge on any atom is -0.496 e. The number of ether oxygens (including phenoxy) is 1. The van der Waals surface area contributed by atoms with Crippen molar-refractivity contribution in [3.05, 3.63) is 35.0 Å². The van der Waals surface area contributed by atoms with Crippen LogP contribution in [0.4, 0.5) is 0 Å². The minimum atomic E-state index is 0.638. The molecule has 2 rings (SSSR count). The Bertz CT molecular complexity index is 587. The third-order valence-corrected chi connectivity index (χ3v) is 3.61. The molecule has 0 aliphatic rings. The molecule has 0 aliphatic heterocycles. The SMILES string of the molecule is COc1ccc(-c2cc(CCN)n(C)n2)c(C)c1C. The van der Waals surface area contributed by atoms with Crippen LogP contribution in [-0.2, 0) is 13.5 Å². The number of nitrogens with two attached hydrogens (primary N) is 1. The van der Waals surface area contributed by atoms with Crippen molar-refractivity contribution in [2.24, 2.45) is 12.8 Å². The molecular formula is C15H21N3O. The van der Waals surface area contributed by atoms with E-state index in [4.69, 9.17) is 10.5 Å². The third kappa shape index (κ3) is 2.49. The molecule has 0 bridgehead atoms. The van der Waals surface area contributed by atoms with Crippen molar-refractivity contribution in [1.82, 2.24) is 9.78 Å². The molecule has 0 unspecified atom stereocenters. The summed E-state index contributed by atoms with van der Waals surface area (Å²) in [5, 5.41) is 4.58. The Balaban J connectivity index is 2.47. The quantitative estimate of drug-likeness (QED) is 0.916. The van der Waals surface area contributed by atoms with Crippen LogP contribution < -0.4 is 10.5 Å². The fraction of sp³-hybridized carbons (Fsp3) is 0.400. The highest BCUT2D eigenvalue weighted by Gasteiger charge is 2.12. The number of hydrogen-bond acceptors (Lipinski definition) is 3. The Morgan fingerprint density at radius 1 is 1.26 bits per heavy atom. The lowest BCUT2D eigenvalue weighted by molar-refractivity contribution is 0.411. The fourth-order valence-corrected chi connectivity index (χ4v) is 2.31. The number of aromatic nitrogens is 2. The van der Waals surface area contributed by atoms with Crippen molar-refractivity contribution < 1.29 is 4.74 Å². The van der Waals surface area contributed by atoms with Crippen LogP contribution in [-0.4, -0.2) is 23.4 Å². The van der Waals surface area contributed by atoms with Gasteiger partial charge in [0.2, 0.25) is 0 Å². The highest BCUT2D eigenvalue weighted by molar-refractivity contribution is 5.67. The van der Waals surface area contributed by atoms with E-state index in [1.165, 1.54) is 5.56 Å². The van der Waals surface area contributed by atoms with Crippen LogP contribution in [0.1, 0.15) is 16.8 Å². The van der Waals surface area contributed by atoms with Gasteiger partial charge >= 0.3 is 0 Å². The lowest BCUT2D eigenvalue weighted by Gasteiger charge is -2.10. The highest BCUT2D eigenvalue weighted by Crippen LogP contribution is 2.30. The first kappa shape index (κ1) is 13.6. The van der Waals surface area contributed by atoms with Gasteiger partial charge in [0.25, 0.3) is 0 Å². The Hall–Kier alpha value is -1.81. The van der Waals surface area contributed by atoms with Gasteiger partial charge in [-0.05, 0) is 49.7 Å². The molecule has 2 aromatic rings. The summed E-state index contributed by atoms with van der Waals surface area (Å²) in [6, 6.07) is 6.17. The summed E-state index contributed by atoms with van der Waals surface area (Å²) in [6.45, 7) is 4.81. The van der Waals surface area contributed by atoms with E-state index in [2.05, 4.69) is 31.1 Å². The molecule has 0 aliphatic carbocycles. The molecule has 4 heteroatoms. The number of hydrogen-bond donors (Lipinski definition) is 1. The zero-order valence-corrected chi connectivity index (χ0v) is 12.0. The van der Waals surface area contributed by atoms with E-state index in [0.717, 1.165) is 34.7 Å². The Morgan fingerprint density at radius 2 is 2.00 bits per heavy atom. The van der Waals surface area contributed by atoms with E-state index in [1.807, 2.05) is 17.8 Å². The standard InChI is InChI=1S/C15H21N3O/c1-10-11(2)15(19-4)6-5-13(10)14-9-12(7-8-16)18(3)17-14/h5-6,9H,7-8,16H2,1-4H3. The summed E-state index contributed by atoms with van der Waals surface area (Å²) in [4.78, 5) is 0. The van der Waals surface area contributed by atoms with Gasteiger partial charge in [-0.1, -0.05) is 0 Å². The molecule has 0 fully saturated rings. The topological polar surface area (TPSA) is 53.1 Å². The first-order chi connectivity index (χ1) is 9.08. The van der Waals surface area contributed by atoms with Crippen LogP contribution in [0.2, 0.25) is 0 Å². The Morgan fingerprint density at radius 3 is 2.63 bits per heavy atom. The summed E-state index contributed by atoms with van der Waals surface area (Å²) in [5.74, 6) is 0.916. The lowest BCUT2D eigenvalue weighted by Crippen LogP contribution is -2.06. The summed E-state index contributed by atoms with van der Waals surface area (Å²) < 4.78 is 7.25. The van der Waals surface area contributed by atoms with E-state index < -0.39 is 0 Å². The van der Waals surface area contributed by atoms with E-state index in [-0.39, 0.29) is 0 Å². The molecule has 4 nitrogen and oxygen atoms in total. The second-order valence-corrected chi connectivity index (χ2v) is 4.75. The number of methoxy groups -OCH3 is 1. The Kier molecular flexibility index (Phi) is 3.90. The second kappa shape index (κ2) is 5.45. The van der Waals surface area contributed by atoms with Gasteiger partial charge in [-0.25, -0.2) is 0 Å². The molecule has 1 heterocycles. The molecule has 0 atom stereocenters. The second-order valence-electron chi connectivity index (χ2n) is 4.75. The summed E-state index contributed by atoms with van der Waals surface area (Å²) in [7, 11) is 3.65. The van der Waals surface area contributed by atoms with Gasteiger partial charge in [-0.3, -0.25) is 4.68 Å². The average Bonchev–Trinajstić information content (AvgIpc) is 2.74. The van der Waals surface area contributed by atoms with Gasteiger partial charge in [0.1, 0.15) is 5.75 Å². The van der Waals surface area contributed by atoms with Crippen molar-refractivity contribution in [3.63, 3.8) is 0 Å². The zero-order valence-electron chi connectivity index (χ0n) is 12.0. The molecule has 2 N–H and O–H groups in total. The van der Waals surface area contributed by atoms with Crippen molar-refractivity contribution in [2.45, 2.75) is 20.3 Å². The molecule has 0 saturated heterocycles. The van der Waals surface area contributed by atoms with Crippen LogP contribution in [0.15, 0.2) is 18.2 Å². The number of nitrogens with zero attached hydrogens (tertiary/aromatic N) is 2. The summed E-state index contributed by atoms with van der Waals surface area (Å²) in [5.41, 5.74) is 11.3. The average molecular weight is 259 g/mol. The number of aryl methyl sites for hydroxylation is 1. The van der Waals surface area contributed by atoms with Crippen molar-refractivity contribution >= 4 is 0 Å². The minimum absolute atomic E-state index is 0.638. The predicted molar refractivity (Wildman–Crippen MR) is 77.4 cm³/mol. The molecule has 19 heavy (non-hydrogen) atoms. The maximum Gasteiger partial charge on any atom is 0.122 e. The molecule has 0 amide bonds. The maximum absolute atomic E-state index is 5.61. The third-order valence-electron chi connectivity index (χ3n) is 3.61. The molecule has 0 radical (unpaired) electrons. The normalized spacial score (nSPS) is 10.8. The van der Waals surface area contributed by atoms with Crippen molar-refractivity contribution in [3.8, 4) is 17.0 Å². The number of benzene rings is 1. The van der Waals surface area contributed by atoms with Gasteiger partial charge in [-0.15, -0.1) is 0 Å². The van der Waals surface area contributed by atoms with Crippen LogP contribution in [0.3, 0.4) is 0 Å². The first-order valence-electron chi connectivity index (χ1n) is 6.46. The van der Waals surface area contributed by atoms with Gasteiger partial charge in [-0.2, -0.15) is 5.10 Å². The molecule has 1 aromatic heterocycles. The first-order valence-corrected chi connectivity index (χ1v) is 6.46. The van der Waals surface area contributed by atoms with Crippen LogP contribution in [0.5, 0.6) is 5.75 Å². The van der Waals surface area contributed by atoms with Crippen LogP contribution in [0.25, 0.3) is 11.3 Å². The van der Waals surface area contributed by atoms with Crippen LogP contribution in [0, 0.1) is 13.8 Å². The smallest absolute Gasteiger partial charge is 0.122 e. The number of rotatable bonds is 4. The van der Waals surface area contributed by atoms with Gasteiger partial charge in [0, 0.05) is 24.7 Å². The Labute approximate surface area is 114 Å². The molecular weight excluding hydrogens is 238 g/mol. The van der Waals surface area contributed by atoms with Gasteiger partial charge in [0.15, 0.2) is 0 Å². The van der Waals surface area contributed by atoms with Crippen LogP contribution >= 0.6 is 0 Å². The van der Waals surface area contributed by atoms with E-state index in [9.17, 15) is 0 Å².